The molecule has 0 saturated heterocycles. The van der Waals surface area contributed by atoms with Crippen LogP contribution in [0.3, 0.4) is 0 Å². The summed E-state index contributed by atoms with van der Waals surface area (Å²) in [6.45, 7) is 0.958. The fourth-order valence-electron chi connectivity index (χ4n) is 1.65. The Kier molecular flexibility index (Phi) is 4.63. The van der Waals surface area contributed by atoms with Crippen LogP contribution in [0.1, 0.15) is 12.8 Å². The molecule has 2 N–H and O–H groups in total. The van der Waals surface area contributed by atoms with Gasteiger partial charge >= 0.3 is 6.03 Å². The van der Waals surface area contributed by atoms with Crippen LogP contribution in [0.2, 0.25) is 0 Å². The Labute approximate surface area is 113 Å². The van der Waals surface area contributed by atoms with E-state index in [4.69, 9.17) is 9.84 Å². The minimum Gasteiger partial charge on any atom is -0.491 e. The third-order valence-corrected chi connectivity index (χ3v) is 3.08. The lowest BCUT2D eigenvalue weighted by molar-refractivity contribution is 0.202. The quantitative estimate of drug-likeness (QED) is 0.825. The summed E-state index contributed by atoms with van der Waals surface area (Å²) in [5, 5.41) is 11.6. The third-order valence-electron chi connectivity index (χ3n) is 3.08. The molecule has 5 nitrogen and oxygen atoms in total. The van der Waals surface area contributed by atoms with Gasteiger partial charge in [0.05, 0.1) is 18.9 Å². The number of nitrogens with zero attached hydrogens (tertiary/aromatic N) is 1. The van der Waals surface area contributed by atoms with E-state index in [1.807, 2.05) is 24.3 Å². The van der Waals surface area contributed by atoms with E-state index in [0.717, 1.165) is 0 Å². The molecule has 2 amide bonds. The van der Waals surface area contributed by atoms with Gasteiger partial charge < -0.3 is 20.1 Å². The van der Waals surface area contributed by atoms with Crippen molar-refractivity contribution in [2.75, 3.05) is 32.1 Å². The molecule has 0 radical (unpaired) electrons. The van der Waals surface area contributed by atoms with Gasteiger partial charge in [-0.1, -0.05) is 12.1 Å². The highest BCUT2D eigenvalue weighted by Crippen LogP contribution is 2.31. The number of nitrogens with one attached hydrogen (secondary N) is 1. The molecular formula is C14H20N2O3. The molecule has 1 aliphatic carbocycles. The standard InChI is InChI=1S/C14H20N2O3/c1-16(8-9-17)14(18)15-12-4-2-3-5-13(12)19-10-11-6-7-11/h2-5,11,17H,6-10H2,1H3,(H,15,18). The molecule has 1 aliphatic rings. The van der Waals surface area contributed by atoms with Gasteiger partial charge in [-0.3, -0.25) is 0 Å². The number of para-hydroxylation sites is 2. The van der Waals surface area contributed by atoms with Crippen LogP contribution in [0.25, 0.3) is 0 Å². The highest BCUT2D eigenvalue weighted by Gasteiger charge is 2.22. The lowest BCUT2D eigenvalue weighted by Gasteiger charge is -2.18. The number of carbonyl (C=O) groups is 1. The van der Waals surface area contributed by atoms with Crippen LogP contribution in [0.4, 0.5) is 10.5 Å². The van der Waals surface area contributed by atoms with E-state index in [1.54, 1.807) is 7.05 Å². The molecule has 0 heterocycles. The summed E-state index contributed by atoms with van der Waals surface area (Å²) >= 11 is 0. The molecule has 0 bridgehead atoms. The zero-order chi connectivity index (χ0) is 13.7. The number of ether oxygens (including phenoxy) is 1. The van der Waals surface area contributed by atoms with Gasteiger partial charge in [0.2, 0.25) is 0 Å². The Balaban J connectivity index is 1.95. The first kappa shape index (κ1) is 13.7. The lowest BCUT2D eigenvalue weighted by atomic mass is 10.3. The Bertz CT molecular complexity index is 432. The normalized spacial score (nSPS) is 14.0. The highest BCUT2D eigenvalue weighted by atomic mass is 16.5. The number of aliphatic hydroxyl groups is 1. The number of benzene rings is 1. The van der Waals surface area contributed by atoms with E-state index >= 15 is 0 Å². The van der Waals surface area contributed by atoms with Gasteiger partial charge in [0, 0.05) is 13.6 Å². The summed E-state index contributed by atoms with van der Waals surface area (Å²) in [4.78, 5) is 13.3. The molecule has 0 spiro atoms. The van der Waals surface area contributed by atoms with Gasteiger partial charge in [0.25, 0.3) is 0 Å². The minimum atomic E-state index is -0.253. The molecule has 104 valence electrons. The molecule has 0 aromatic heterocycles. The number of rotatable bonds is 6. The first-order chi connectivity index (χ1) is 9.20. The molecular weight excluding hydrogens is 244 g/mol. The Morgan fingerprint density at radius 3 is 2.89 bits per heavy atom. The van der Waals surface area contributed by atoms with Crippen molar-refractivity contribution in [1.82, 2.24) is 4.90 Å². The van der Waals surface area contributed by atoms with Crippen molar-refractivity contribution in [2.24, 2.45) is 5.92 Å². The second kappa shape index (κ2) is 6.43. The molecule has 1 fully saturated rings. The third kappa shape index (κ3) is 4.13. The van der Waals surface area contributed by atoms with Crippen molar-refractivity contribution in [3.8, 4) is 5.75 Å². The summed E-state index contributed by atoms with van der Waals surface area (Å²) in [6.07, 6.45) is 2.46. The predicted octanol–water partition coefficient (Wildman–Crippen LogP) is 1.93. The van der Waals surface area contributed by atoms with Crippen LogP contribution in [0, 0.1) is 5.92 Å². The van der Waals surface area contributed by atoms with Crippen molar-refractivity contribution < 1.29 is 14.6 Å². The summed E-state index contributed by atoms with van der Waals surface area (Å²) in [7, 11) is 1.64. The maximum atomic E-state index is 11.9. The topological polar surface area (TPSA) is 61.8 Å². The van der Waals surface area contributed by atoms with E-state index in [-0.39, 0.29) is 12.6 Å². The minimum absolute atomic E-state index is 0.0518. The molecule has 1 aromatic rings. The van der Waals surface area contributed by atoms with E-state index in [9.17, 15) is 4.79 Å². The Morgan fingerprint density at radius 1 is 1.47 bits per heavy atom. The first-order valence-corrected chi connectivity index (χ1v) is 6.55. The van der Waals surface area contributed by atoms with Crippen molar-refractivity contribution in [3.05, 3.63) is 24.3 Å². The largest absolute Gasteiger partial charge is 0.491 e. The summed E-state index contributed by atoms with van der Waals surface area (Å²) in [6, 6.07) is 7.15. The average Bonchev–Trinajstić information content (AvgIpc) is 3.22. The maximum absolute atomic E-state index is 11.9. The Hall–Kier alpha value is -1.75. The smallest absolute Gasteiger partial charge is 0.321 e. The van der Waals surface area contributed by atoms with Gasteiger partial charge in [0.1, 0.15) is 5.75 Å². The highest BCUT2D eigenvalue weighted by molar-refractivity contribution is 5.90. The Morgan fingerprint density at radius 2 is 2.21 bits per heavy atom. The molecule has 5 heteroatoms. The molecule has 19 heavy (non-hydrogen) atoms. The van der Waals surface area contributed by atoms with Crippen molar-refractivity contribution in [3.63, 3.8) is 0 Å². The second-order valence-corrected chi connectivity index (χ2v) is 4.83. The fourth-order valence-corrected chi connectivity index (χ4v) is 1.65. The predicted molar refractivity (Wildman–Crippen MR) is 73.4 cm³/mol. The number of hydrogen-bond acceptors (Lipinski definition) is 3. The average molecular weight is 264 g/mol. The van der Waals surface area contributed by atoms with Crippen LogP contribution < -0.4 is 10.1 Å². The van der Waals surface area contributed by atoms with E-state index in [2.05, 4.69) is 5.32 Å². The van der Waals surface area contributed by atoms with E-state index in [1.165, 1.54) is 17.7 Å². The number of anilines is 1. The molecule has 2 rings (SSSR count). The molecule has 1 aromatic carbocycles. The number of aliphatic hydroxyl groups excluding tert-OH is 1. The van der Waals surface area contributed by atoms with Gasteiger partial charge in [-0.15, -0.1) is 0 Å². The van der Waals surface area contributed by atoms with Crippen LogP contribution >= 0.6 is 0 Å². The monoisotopic (exact) mass is 264 g/mol. The van der Waals surface area contributed by atoms with Crippen molar-refractivity contribution in [1.29, 1.82) is 0 Å². The van der Waals surface area contributed by atoms with Crippen LogP contribution in [0.5, 0.6) is 5.75 Å². The number of carbonyl (C=O) groups excluding carboxylic acids is 1. The maximum Gasteiger partial charge on any atom is 0.321 e. The zero-order valence-corrected chi connectivity index (χ0v) is 11.1. The molecule has 0 atom stereocenters. The summed E-state index contributed by atoms with van der Waals surface area (Å²) < 4.78 is 5.72. The first-order valence-electron chi connectivity index (χ1n) is 6.55. The number of urea groups is 1. The van der Waals surface area contributed by atoms with Crippen LogP contribution in [-0.4, -0.2) is 42.8 Å². The van der Waals surface area contributed by atoms with Gasteiger partial charge in [-0.05, 0) is 30.9 Å². The van der Waals surface area contributed by atoms with Gasteiger partial charge in [0.15, 0.2) is 0 Å². The van der Waals surface area contributed by atoms with Crippen LogP contribution in [-0.2, 0) is 0 Å². The number of amides is 2. The van der Waals surface area contributed by atoms with Crippen molar-refractivity contribution in [2.45, 2.75) is 12.8 Å². The summed E-state index contributed by atoms with van der Waals surface area (Å²) in [5.41, 5.74) is 0.665. The number of likely N-dealkylation sites (N-methyl/N-ethyl adjacent to an activating group) is 1. The van der Waals surface area contributed by atoms with E-state index < -0.39 is 0 Å². The summed E-state index contributed by atoms with van der Waals surface area (Å²) in [5.74, 6) is 1.36. The van der Waals surface area contributed by atoms with Crippen LogP contribution in [0.15, 0.2) is 24.3 Å². The zero-order valence-electron chi connectivity index (χ0n) is 11.1. The van der Waals surface area contributed by atoms with Gasteiger partial charge in [-0.2, -0.15) is 0 Å². The molecule has 0 unspecified atom stereocenters. The molecule has 0 aliphatic heterocycles. The second-order valence-electron chi connectivity index (χ2n) is 4.83. The molecule has 1 saturated carbocycles. The fraction of sp³-hybridized carbons (Fsp3) is 0.500. The van der Waals surface area contributed by atoms with Gasteiger partial charge in [-0.25, -0.2) is 4.79 Å². The SMILES string of the molecule is CN(CCO)C(=O)Nc1ccccc1OCC1CC1. The lowest BCUT2D eigenvalue weighted by Crippen LogP contribution is -2.33. The van der Waals surface area contributed by atoms with Crippen molar-refractivity contribution >= 4 is 11.7 Å². The number of hydrogen-bond donors (Lipinski definition) is 2. The van der Waals surface area contributed by atoms with E-state index in [0.29, 0.717) is 30.5 Å².